The van der Waals surface area contributed by atoms with Crippen LogP contribution < -0.4 is 0 Å². The Kier molecular flexibility index (Phi) is 6.29. The number of hydrogen-bond acceptors (Lipinski definition) is 8. The molecule has 0 aromatic heterocycles. The third-order valence-electron chi connectivity index (χ3n) is 5.66. The molecule has 0 atom stereocenters. The lowest BCUT2D eigenvalue weighted by Crippen LogP contribution is -2.41. The summed E-state index contributed by atoms with van der Waals surface area (Å²) in [5.41, 5.74) is -0.874. The second-order valence-corrected chi connectivity index (χ2v) is 7.70. The van der Waals surface area contributed by atoms with Crippen LogP contribution in [0.1, 0.15) is 77.0 Å². The van der Waals surface area contributed by atoms with Crippen LogP contribution in [0.15, 0.2) is 0 Å². The molecule has 0 bridgehead atoms. The van der Waals surface area contributed by atoms with Crippen LogP contribution in [0.25, 0.3) is 0 Å². The Balaban J connectivity index is 1.55. The van der Waals surface area contributed by atoms with E-state index in [0.717, 1.165) is 19.3 Å². The fraction of sp³-hybridized carbons (Fsp3) is 0.684. The van der Waals surface area contributed by atoms with Gasteiger partial charge in [0.05, 0.1) is 5.41 Å². The highest BCUT2D eigenvalue weighted by Crippen LogP contribution is 2.42. The van der Waals surface area contributed by atoms with Gasteiger partial charge in [-0.15, -0.1) is 10.1 Å². The highest BCUT2D eigenvalue weighted by molar-refractivity contribution is 6.02. The van der Waals surface area contributed by atoms with Gasteiger partial charge in [-0.2, -0.15) is 0 Å². The molecular weight excluding hydrogens is 384 g/mol. The lowest BCUT2D eigenvalue weighted by atomic mass is 9.71. The van der Waals surface area contributed by atoms with Crippen molar-refractivity contribution in [3.05, 3.63) is 0 Å². The minimum Gasteiger partial charge on any atom is -0.330 e. The van der Waals surface area contributed by atoms with Crippen LogP contribution in [-0.2, 0) is 38.4 Å². The van der Waals surface area contributed by atoms with Gasteiger partial charge in [0.25, 0.3) is 23.6 Å². The Labute approximate surface area is 167 Å². The fourth-order valence-electron chi connectivity index (χ4n) is 4.00. The third-order valence-corrected chi connectivity index (χ3v) is 5.66. The Morgan fingerprint density at radius 2 is 1.24 bits per heavy atom. The van der Waals surface area contributed by atoms with Gasteiger partial charge in [0, 0.05) is 32.1 Å². The average Bonchev–Trinajstić information content (AvgIpc) is 3.19. The van der Waals surface area contributed by atoms with Crippen molar-refractivity contribution >= 4 is 35.6 Å². The van der Waals surface area contributed by atoms with Crippen molar-refractivity contribution in [2.24, 2.45) is 5.41 Å². The van der Waals surface area contributed by atoms with E-state index in [4.69, 9.17) is 9.68 Å². The minimum absolute atomic E-state index is 0.0228. The maximum atomic E-state index is 12.8. The van der Waals surface area contributed by atoms with Crippen LogP contribution >= 0.6 is 0 Å². The fourth-order valence-corrected chi connectivity index (χ4v) is 4.00. The van der Waals surface area contributed by atoms with Crippen molar-refractivity contribution in [3.63, 3.8) is 0 Å². The predicted octanol–water partition coefficient (Wildman–Crippen LogP) is 1.32. The van der Waals surface area contributed by atoms with E-state index in [0.29, 0.717) is 29.4 Å². The maximum Gasteiger partial charge on any atom is 0.339 e. The number of imide groups is 2. The summed E-state index contributed by atoms with van der Waals surface area (Å²) in [4.78, 5) is 81.3. The molecule has 2 saturated heterocycles. The van der Waals surface area contributed by atoms with E-state index in [9.17, 15) is 28.8 Å². The first-order valence-corrected chi connectivity index (χ1v) is 9.97. The number of hydrogen-bond donors (Lipinski definition) is 0. The van der Waals surface area contributed by atoms with Crippen molar-refractivity contribution in [2.45, 2.75) is 77.0 Å². The van der Waals surface area contributed by atoms with E-state index in [2.05, 4.69) is 0 Å². The Hall–Kier alpha value is -2.78. The van der Waals surface area contributed by atoms with Crippen molar-refractivity contribution in [1.82, 2.24) is 10.1 Å². The summed E-state index contributed by atoms with van der Waals surface area (Å²) in [7, 11) is 0. The Bertz CT molecular complexity index is 708. The number of carbonyl (C=O) groups is 6. The highest BCUT2D eigenvalue weighted by Gasteiger charge is 2.44. The van der Waals surface area contributed by atoms with Gasteiger partial charge in [-0.1, -0.05) is 19.3 Å². The standard InChI is InChI=1S/C19H24N2O8/c22-13-6-7-14(23)20(13)28-17(26)5-4-12-19(10-2-1-3-11-19)18(27)29-21-15(24)8-9-16(21)25/h1-12H2. The SMILES string of the molecule is O=C(CCCC1(C(=O)ON2C(=O)CCC2=O)CCCCC1)ON1C(=O)CCC1=O. The van der Waals surface area contributed by atoms with E-state index in [1.54, 1.807) is 0 Å². The van der Waals surface area contributed by atoms with E-state index in [1.807, 2.05) is 0 Å². The molecule has 2 aliphatic heterocycles. The molecule has 158 valence electrons. The second-order valence-electron chi connectivity index (χ2n) is 7.70. The molecule has 1 aliphatic carbocycles. The van der Waals surface area contributed by atoms with Crippen LogP contribution in [0.4, 0.5) is 0 Å². The first-order chi connectivity index (χ1) is 13.8. The predicted molar refractivity (Wildman–Crippen MR) is 93.7 cm³/mol. The van der Waals surface area contributed by atoms with Crippen molar-refractivity contribution < 1.29 is 38.4 Å². The lowest BCUT2D eigenvalue weighted by molar-refractivity contribution is -0.207. The molecule has 3 aliphatic rings. The van der Waals surface area contributed by atoms with Gasteiger partial charge in [0.15, 0.2) is 0 Å². The van der Waals surface area contributed by atoms with Crippen LogP contribution in [0.3, 0.4) is 0 Å². The van der Waals surface area contributed by atoms with Crippen molar-refractivity contribution in [2.75, 3.05) is 0 Å². The van der Waals surface area contributed by atoms with E-state index in [1.165, 1.54) is 0 Å². The summed E-state index contributed by atoms with van der Waals surface area (Å²) in [5, 5.41) is 1.05. The van der Waals surface area contributed by atoms with Gasteiger partial charge in [-0.3, -0.25) is 19.2 Å². The highest BCUT2D eigenvalue weighted by atomic mass is 16.7. The molecule has 0 radical (unpaired) electrons. The summed E-state index contributed by atoms with van der Waals surface area (Å²) < 4.78 is 0. The van der Waals surface area contributed by atoms with Crippen LogP contribution in [0.2, 0.25) is 0 Å². The maximum absolute atomic E-state index is 12.8. The van der Waals surface area contributed by atoms with Gasteiger partial charge in [0.1, 0.15) is 0 Å². The number of carbonyl (C=O) groups excluding carboxylic acids is 6. The smallest absolute Gasteiger partial charge is 0.330 e. The molecule has 0 spiro atoms. The molecule has 2 heterocycles. The summed E-state index contributed by atoms with van der Waals surface area (Å²) in [5.74, 6) is -3.50. The number of hydroxylamine groups is 4. The number of nitrogens with zero attached hydrogens (tertiary/aromatic N) is 2. The Morgan fingerprint density at radius 1 is 0.759 bits per heavy atom. The van der Waals surface area contributed by atoms with Crippen LogP contribution in [-0.4, -0.2) is 45.7 Å². The molecular formula is C19H24N2O8. The zero-order valence-corrected chi connectivity index (χ0v) is 16.1. The normalized spacial score (nSPS) is 21.7. The monoisotopic (exact) mass is 408 g/mol. The minimum atomic E-state index is -0.874. The molecule has 4 amide bonds. The zero-order chi connectivity index (χ0) is 21.0. The molecule has 1 saturated carbocycles. The summed E-state index contributed by atoms with van der Waals surface area (Å²) in [6.07, 6.45) is 4.29. The number of amides is 4. The van der Waals surface area contributed by atoms with E-state index >= 15 is 0 Å². The van der Waals surface area contributed by atoms with Crippen molar-refractivity contribution in [3.8, 4) is 0 Å². The Morgan fingerprint density at radius 3 is 1.76 bits per heavy atom. The molecule has 0 aromatic carbocycles. The molecule has 10 nitrogen and oxygen atoms in total. The van der Waals surface area contributed by atoms with Crippen LogP contribution in [0.5, 0.6) is 0 Å². The molecule has 0 aromatic rings. The first-order valence-electron chi connectivity index (χ1n) is 9.97. The molecule has 0 unspecified atom stereocenters. The largest absolute Gasteiger partial charge is 0.339 e. The van der Waals surface area contributed by atoms with Gasteiger partial charge in [0.2, 0.25) is 0 Å². The molecule has 0 N–H and O–H groups in total. The number of rotatable bonds is 7. The second kappa shape index (κ2) is 8.71. The van der Waals surface area contributed by atoms with E-state index in [-0.39, 0.29) is 38.5 Å². The zero-order valence-electron chi connectivity index (χ0n) is 16.1. The summed E-state index contributed by atoms with van der Waals surface area (Å²) >= 11 is 0. The van der Waals surface area contributed by atoms with Gasteiger partial charge < -0.3 is 9.68 Å². The summed E-state index contributed by atoms with van der Waals surface area (Å²) in [6.45, 7) is 0. The first kappa shape index (κ1) is 20.9. The third kappa shape index (κ3) is 4.63. The lowest BCUT2D eigenvalue weighted by Gasteiger charge is -2.35. The quantitative estimate of drug-likeness (QED) is 0.577. The van der Waals surface area contributed by atoms with Crippen LogP contribution in [0, 0.1) is 5.41 Å². The van der Waals surface area contributed by atoms with Gasteiger partial charge in [-0.05, 0) is 25.7 Å². The molecule has 10 heteroatoms. The van der Waals surface area contributed by atoms with Gasteiger partial charge >= 0.3 is 11.9 Å². The topological polar surface area (TPSA) is 127 Å². The average molecular weight is 408 g/mol. The van der Waals surface area contributed by atoms with E-state index < -0.39 is 41.0 Å². The molecule has 3 rings (SSSR count). The molecule has 3 fully saturated rings. The summed E-state index contributed by atoms with van der Waals surface area (Å²) in [6, 6.07) is 0. The molecule has 29 heavy (non-hydrogen) atoms. The van der Waals surface area contributed by atoms with Gasteiger partial charge in [-0.25, -0.2) is 9.59 Å². The van der Waals surface area contributed by atoms with Crippen molar-refractivity contribution in [1.29, 1.82) is 0 Å².